The van der Waals surface area contributed by atoms with Crippen molar-refractivity contribution < 1.29 is 13.9 Å². The van der Waals surface area contributed by atoms with E-state index in [4.69, 9.17) is 16.3 Å². The Kier molecular flexibility index (Phi) is 8.15. The maximum atomic E-state index is 13.2. The molecule has 32 heavy (non-hydrogen) atoms. The van der Waals surface area contributed by atoms with Crippen molar-refractivity contribution in [2.75, 3.05) is 11.1 Å². The van der Waals surface area contributed by atoms with Crippen LogP contribution in [0.3, 0.4) is 0 Å². The molecule has 0 aliphatic rings. The van der Waals surface area contributed by atoms with E-state index in [2.05, 4.69) is 29.4 Å². The van der Waals surface area contributed by atoms with Crippen molar-refractivity contribution in [1.29, 1.82) is 0 Å². The van der Waals surface area contributed by atoms with E-state index in [1.807, 2.05) is 25.2 Å². The molecule has 1 aromatic heterocycles. The molecule has 2 aromatic carbocycles. The Balaban J connectivity index is 1.64. The number of halogens is 2. The summed E-state index contributed by atoms with van der Waals surface area (Å²) < 4.78 is 20.8. The van der Waals surface area contributed by atoms with Crippen LogP contribution in [0.25, 0.3) is 0 Å². The Hall–Kier alpha value is -2.58. The van der Waals surface area contributed by atoms with Crippen LogP contribution in [0.5, 0.6) is 5.75 Å². The van der Waals surface area contributed by atoms with Crippen LogP contribution in [0.1, 0.15) is 43.8 Å². The lowest BCUT2D eigenvalue weighted by Gasteiger charge is -2.15. The number of aryl methyl sites for hydroxylation is 2. The molecule has 0 aliphatic carbocycles. The number of hydrogen-bond acceptors (Lipinski definition) is 5. The Morgan fingerprint density at radius 2 is 1.91 bits per heavy atom. The van der Waals surface area contributed by atoms with Gasteiger partial charge in [-0.3, -0.25) is 4.79 Å². The SMILES string of the molecule is CCc1cccc(CC)c1NC(=O)CSc1nnc(C(C)Oc2ccc(F)cc2Cl)n1C. The summed E-state index contributed by atoms with van der Waals surface area (Å²) in [4.78, 5) is 12.6. The fraction of sp³-hybridized carbons (Fsp3) is 0.348. The van der Waals surface area contributed by atoms with Crippen LogP contribution >= 0.6 is 23.4 Å². The van der Waals surface area contributed by atoms with Crippen LogP contribution in [0, 0.1) is 5.82 Å². The molecular formula is C23H26ClFN4O2S. The molecule has 3 aromatic rings. The number of nitrogens with one attached hydrogen (secondary N) is 1. The molecule has 1 unspecified atom stereocenters. The van der Waals surface area contributed by atoms with E-state index in [1.165, 1.54) is 30.0 Å². The molecule has 0 aliphatic heterocycles. The van der Waals surface area contributed by atoms with Crippen LogP contribution in [-0.2, 0) is 24.7 Å². The lowest BCUT2D eigenvalue weighted by molar-refractivity contribution is -0.113. The molecule has 0 saturated heterocycles. The monoisotopic (exact) mass is 476 g/mol. The van der Waals surface area contributed by atoms with Gasteiger partial charge >= 0.3 is 0 Å². The number of hydrogen-bond donors (Lipinski definition) is 1. The summed E-state index contributed by atoms with van der Waals surface area (Å²) in [6, 6.07) is 10.0. The van der Waals surface area contributed by atoms with Gasteiger partial charge < -0.3 is 14.6 Å². The van der Waals surface area contributed by atoms with Gasteiger partial charge in [-0.2, -0.15) is 0 Å². The summed E-state index contributed by atoms with van der Waals surface area (Å²) >= 11 is 7.34. The molecule has 1 N–H and O–H groups in total. The maximum Gasteiger partial charge on any atom is 0.234 e. The predicted molar refractivity (Wildman–Crippen MR) is 126 cm³/mol. The summed E-state index contributed by atoms with van der Waals surface area (Å²) in [5.74, 6) is 0.596. The minimum atomic E-state index is -0.470. The van der Waals surface area contributed by atoms with Gasteiger partial charge in [0, 0.05) is 12.7 Å². The standard InChI is InChI=1S/C23H26ClFN4O2S/c1-5-15-8-7-9-16(6-2)21(15)26-20(30)13-32-23-28-27-22(29(23)4)14(3)31-19-11-10-17(25)12-18(19)24/h7-12,14H,5-6,13H2,1-4H3,(H,26,30). The van der Waals surface area contributed by atoms with Gasteiger partial charge in [0.25, 0.3) is 0 Å². The quantitative estimate of drug-likeness (QED) is 0.407. The third-order valence-corrected chi connectivity index (χ3v) is 6.34. The van der Waals surface area contributed by atoms with Crippen LogP contribution < -0.4 is 10.1 Å². The van der Waals surface area contributed by atoms with Gasteiger partial charge in [0.05, 0.1) is 10.8 Å². The van der Waals surface area contributed by atoms with Gasteiger partial charge in [0.2, 0.25) is 5.91 Å². The summed E-state index contributed by atoms with van der Waals surface area (Å²) in [6.07, 6.45) is 1.22. The third-order valence-electron chi connectivity index (χ3n) is 5.03. The van der Waals surface area contributed by atoms with Gasteiger partial charge in [-0.1, -0.05) is 55.4 Å². The molecule has 170 valence electrons. The number of benzene rings is 2. The zero-order chi connectivity index (χ0) is 23.3. The van der Waals surface area contributed by atoms with E-state index >= 15 is 0 Å². The minimum absolute atomic E-state index is 0.0995. The number of nitrogens with zero attached hydrogens (tertiary/aromatic N) is 3. The smallest absolute Gasteiger partial charge is 0.234 e. The lowest BCUT2D eigenvalue weighted by atomic mass is 10.0. The highest BCUT2D eigenvalue weighted by Crippen LogP contribution is 2.30. The Labute approximate surface area is 196 Å². The van der Waals surface area contributed by atoms with Crippen LogP contribution in [0.2, 0.25) is 5.02 Å². The summed E-state index contributed by atoms with van der Waals surface area (Å²) in [7, 11) is 1.81. The fourth-order valence-corrected chi connectivity index (χ4v) is 4.26. The third kappa shape index (κ3) is 5.61. The number of carbonyl (C=O) groups is 1. The van der Waals surface area contributed by atoms with Gasteiger partial charge in [-0.25, -0.2) is 4.39 Å². The molecule has 1 amide bonds. The molecule has 1 heterocycles. The number of carbonyl (C=O) groups excluding carboxylic acids is 1. The van der Waals surface area contributed by atoms with E-state index in [9.17, 15) is 9.18 Å². The van der Waals surface area contributed by atoms with Crippen LogP contribution in [-0.4, -0.2) is 26.4 Å². The molecule has 0 fully saturated rings. The number of ether oxygens (including phenoxy) is 1. The van der Waals surface area contributed by atoms with Crippen molar-refractivity contribution in [1.82, 2.24) is 14.8 Å². The number of thioether (sulfide) groups is 1. The van der Waals surface area contributed by atoms with Crippen LogP contribution in [0.15, 0.2) is 41.6 Å². The lowest BCUT2D eigenvalue weighted by Crippen LogP contribution is -2.17. The Morgan fingerprint density at radius 1 is 1.22 bits per heavy atom. The van der Waals surface area contributed by atoms with Crippen molar-refractivity contribution in [3.63, 3.8) is 0 Å². The average Bonchev–Trinajstić information content (AvgIpc) is 3.14. The van der Waals surface area contributed by atoms with Crippen molar-refractivity contribution in [3.8, 4) is 5.75 Å². The summed E-state index contributed by atoms with van der Waals surface area (Å²) in [5.41, 5.74) is 3.14. The second-order valence-corrected chi connectivity index (χ2v) is 8.58. The molecular weight excluding hydrogens is 451 g/mol. The molecule has 0 radical (unpaired) electrons. The minimum Gasteiger partial charge on any atom is -0.481 e. The zero-order valence-electron chi connectivity index (χ0n) is 18.5. The molecule has 6 nitrogen and oxygen atoms in total. The molecule has 0 saturated carbocycles. The highest BCUT2D eigenvalue weighted by atomic mass is 35.5. The van der Waals surface area contributed by atoms with Crippen molar-refractivity contribution in [2.24, 2.45) is 7.05 Å². The zero-order valence-corrected chi connectivity index (χ0v) is 20.1. The van der Waals surface area contributed by atoms with Gasteiger partial charge in [-0.05, 0) is 49.1 Å². The van der Waals surface area contributed by atoms with Crippen molar-refractivity contribution in [2.45, 2.75) is 44.9 Å². The second kappa shape index (κ2) is 10.8. The number of anilines is 1. The van der Waals surface area contributed by atoms with E-state index < -0.39 is 11.9 Å². The number of rotatable bonds is 9. The van der Waals surface area contributed by atoms with E-state index in [-0.39, 0.29) is 16.7 Å². The normalized spacial score (nSPS) is 11.9. The first-order valence-electron chi connectivity index (χ1n) is 10.4. The van der Waals surface area contributed by atoms with Crippen molar-refractivity contribution >= 4 is 35.0 Å². The van der Waals surface area contributed by atoms with Crippen molar-refractivity contribution in [3.05, 3.63) is 64.2 Å². The van der Waals surface area contributed by atoms with Gasteiger partial charge in [0.15, 0.2) is 17.1 Å². The summed E-state index contributed by atoms with van der Waals surface area (Å²) in [5, 5.41) is 12.2. The molecule has 0 bridgehead atoms. The molecule has 3 rings (SSSR count). The Bertz CT molecular complexity index is 1080. The number of amides is 1. The average molecular weight is 477 g/mol. The molecule has 0 spiro atoms. The first kappa shape index (κ1) is 24.1. The second-order valence-electron chi connectivity index (χ2n) is 7.23. The Morgan fingerprint density at radius 3 is 2.53 bits per heavy atom. The maximum absolute atomic E-state index is 13.2. The number of para-hydroxylation sites is 1. The number of aromatic nitrogens is 3. The molecule has 9 heteroatoms. The van der Waals surface area contributed by atoms with Gasteiger partial charge in [0.1, 0.15) is 11.6 Å². The van der Waals surface area contributed by atoms with E-state index in [0.717, 1.165) is 29.7 Å². The predicted octanol–water partition coefficient (Wildman–Crippen LogP) is 5.60. The first-order chi connectivity index (χ1) is 15.3. The summed E-state index contributed by atoms with van der Waals surface area (Å²) in [6.45, 7) is 5.95. The van der Waals surface area contributed by atoms with Crippen LogP contribution in [0.4, 0.5) is 10.1 Å². The van der Waals surface area contributed by atoms with Gasteiger partial charge in [-0.15, -0.1) is 10.2 Å². The van der Waals surface area contributed by atoms with E-state index in [0.29, 0.717) is 16.7 Å². The first-order valence-corrected chi connectivity index (χ1v) is 11.7. The highest BCUT2D eigenvalue weighted by Gasteiger charge is 2.19. The van der Waals surface area contributed by atoms with E-state index in [1.54, 1.807) is 11.5 Å². The topological polar surface area (TPSA) is 69.0 Å². The highest BCUT2D eigenvalue weighted by molar-refractivity contribution is 7.99. The fourth-order valence-electron chi connectivity index (χ4n) is 3.33. The molecule has 1 atom stereocenters. The largest absolute Gasteiger partial charge is 0.481 e.